The quantitative estimate of drug-likeness (QED) is 0.242. The van der Waals surface area contributed by atoms with E-state index in [1.807, 2.05) is 19.9 Å². The molecule has 1 fully saturated rings. The lowest BCUT2D eigenvalue weighted by molar-refractivity contribution is -0.127. The van der Waals surface area contributed by atoms with Crippen LogP contribution in [0.2, 0.25) is 0 Å². The van der Waals surface area contributed by atoms with Crippen molar-refractivity contribution >= 4 is 40.6 Å². The minimum atomic E-state index is -0.548. The molecule has 37 heavy (non-hydrogen) atoms. The molecule has 0 radical (unpaired) electrons. The van der Waals surface area contributed by atoms with E-state index in [-0.39, 0.29) is 11.5 Å². The summed E-state index contributed by atoms with van der Waals surface area (Å²) >= 11 is 0.772. The van der Waals surface area contributed by atoms with Crippen molar-refractivity contribution in [3.05, 3.63) is 65.1 Å². The molecule has 3 rings (SSSR count). The molecule has 1 aliphatic heterocycles. The van der Waals surface area contributed by atoms with E-state index in [1.54, 1.807) is 42.5 Å². The Morgan fingerprint density at radius 1 is 1.14 bits per heavy atom. The summed E-state index contributed by atoms with van der Waals surface area (Å²) in [6.45, 7) is 8.09. The van der Waals surface area contributed by atoms with Crippen molar-refractivity contribution in [1.29, 1.82) is 0 Å². The standard InChI is InChI=1S/C28H28N2O6S/c1-5-9-20-15-19(16-23(35-8-4)26(20)36-14-6-2)17-24-27(32)30(28(33)37-24)18-25(31)29-21-10-12-22(13-11-21)34-7-3/h2,5,10-13,15-17H,1,7-9,14,18H2,3-4H3,(H,29,31)/b24-17+. The summed E-state index contributed by atoms with van der Waals surface area (Å²) in [5.74, 6) is 3.05. The van der Waals surface area contributed by atoms with Crippen molar-refractivity contribution in [2.75, 3.05) is 31.7 Å². The van der Waals surface area contributed by atoms with Crippen LogP contribution in [0.5, 0.6) is 17.2 Å². The number of hydrogen-bond acceptors (Lipinski definition) is 7. The van der Waals surface area contributed by atoms with Crippen molar-refractivity contribution in [2.45, 2.75) is 20.3 Å². The van der Waals surface area contributed by atoms with Crippen LogP contribution in [0.25, 0.3) is 6.08 Å². The lowest BCUT2D eigenvalue weighted by Crippen LogP contribution is -2.36. The van der Waals surface area contributed by atoms with Gasteiger partial charge in [-0.3, -0.25) is 19.3 Å². The minimum absolute atomic E-state index is 0.0706. The molecule has 2 aromatic rings. The average molecular weight is 521 g/mol. The van der Waals surface area contributed by atoms with Crippen molar-refractivity contribution in [2.24, 2.45) is 0 Å². The van der Waals surface area contributed by atoms with Crippen molar-refractivity contribution in [3.8, 4) is 29.6 Å². The van der Waals surface area contributed by atoms with Crippen LogP contribution in [0.4, 0.5) is 10.5 Å². The van der Waals surface area contributed by atoms with Crippen LogP contribution >= 0.6 is 11.8 Å². The molecular formula is C28H28N2O6S. The third-order valence-corrected chi connectivity index (χ3v) is 5.95. The first-order valence-corrected chi connectivity index (χ1v) is 12.5. The van der Waals surface area contributed by atoms with Crippen LogP contribution in [-0.2, 0) is 16.0 Å². The van der Waals surface area contributed by atoms with E-state index < -0.39 is 23.6 Å². The number of ether oxygens (including phenoxy) is 3. The van der Waals surface area contributed by atoms with Crippen LogP contribution in [0, 0.1) is 12.3 Å². The molecule has 1 N–H and O–H groups in total. The number of hydrogen-bond donors (Lipinski definition) is 1. The Labute approximate surface area is 220 Å². The third kappa shape index (κ3) is 7.18. The van der Waals surface area contributed by atoms with Gasteiger partial charge in [0.1, 0.15) is 18.9 Å². The molecule has 8 nitrogen and oxygen atoms in total. The number of thioether (sulfide) groups is 1. The fourth-order valence-corrected chi connectivity index (χ4v) is 4.39. The van der Waals surface area contributed by atoms with Gasteiger partial charge in [0.25, 0.3) is 11.1 Å². The molecule has 0 bridgehead atoms. The molecular weight excluding hydrogens is 492 g/mol. The number of carbonyl (C=O) groups is 3. The molecule has 9 heteroatoms. The zero-order chi connectivity index (χ0) is 26.8. The van der Waals surface area contributed by atoms with Gasteiger partial charge in [-0.2, -0.15) is 0 Å². The molecule has 0 aliphatic carbocycles. The number of anilines is 1. The second kappa shape index (κ2) is 13.2. The number of allylic oxidation sites excluding steroid dienone is 1. The zero-order valence-corrected chi connectivity index (χ0v) is 21.6. The Morgan fingerprint density at radius 2 is 1.86 bits per heavy atom. The topological polar surface area (TPSA) is 94.2 Å². The number of rotatable bonds is 12. The van der Waals surface area contributed by atoms with Gasteiger partial charge in [-0.05, 0) is 80.1 Å². The second-order valence-corrected chi connectivity index (χ2v) is 8.69. The molecule has 3 amide bonds. The fraction of sp³-hybridized carbons (Fsp3) is 0.250. The van der Waals surface area contributed by atoms with E-state index >= 15 is 0 Å². The smallest absolute Gasteiger partial charge is 0.294 e. The van der Waals surface area contributed by atoms with Gasteiger partial charge < -0.3 is 19.5 Å². The van der Waals surface area contributed by atoms with E-state index in [4.69, 9.17) is 20.6 Å². The third-order valence-electron chi connectivity index (χ3n) is 5.04. The Morgan fingerprint density at radius 3 is 2.51 bits per heavy atom. The average Bonchev–Trinajstić information content (AvgIpc) is 3.12. The number of carbonyl (C=O) groups excluding carboxylic acids is 3. The van der Waals surface area contributed by atoms with Crippen LogP contribution < -0.4 is 19.5 Å². The molecule has 1 heterocycles. The maximum absolute atomic E-state index is 13.0. The predicted molar refractivity (Wildman–Crippen MR) is 145 cm³/mol. The summed E-state index contributed by atoms with van der Waals surface area (Å²) in [4.78, 5) is 39.2. The highest BCUT2D eigenvalue weighted by Crippen LogP contribution is 2.37. The maximum Gasteiger partial charge on any atom is 0.294 e. The number of nitrogens with one attached hydrogen (secondary N) is 1. The van der Waals surface area contributed by atoms with Gasteiger partial charge >= 0.3 is 0 Å². The highest BCUT2D eigenvalue weighted by molar-refractivity contribution is 8.18. The lowest BCUT2D eigenvalue weighted by Gasteiger charge is -2.15. The number of nitrogens with zero attached hydrogens (tertiary/aromatic N) is 1. The number of benzene rings is 2. The van der Waals surface area contributed by atoms with Crippen molar-refractivity contribution in [1.82, 2.24) is 4.90 Å². The summed E-state index contributed by atoms with van der Waals surface area (Å²) < 4.78 is 16.8. The van der Waals surface area contributed by atoms with E-state index in [9.17, 15) is 14.4 Å². The summed E-state index contributed by atoms with van der Waals surface area (Å²) in [7, 11) is 0. The van der Waals surface area contributed by atoms with Crippen LogP contribution in [-0.4, -0.2) is 48.3 Å². The first-order valence-electron chi connectivity index (χ1n) is 11.6. The molecule has 0 atom stereocenters. The Kier molecular flexibility index (Phi) is 9.81. The fourth-order valence-electron chi connectivity index (χ4n) is 3.55. The monoisotopic (exact) mass is 520 g/mol. The predicted octanol–water partition coefficient (Wildman–Crippen LogP) is 4.90. The van der Waals surface area contributed by atoms with Gasteiger partial charge in [0, 0.05) is 11.3 Å². The van der Waals surface area contributed by atoms with Gasteiger partial charge in [0.15, 0.2) is 11.5 Å². The van der Waals surface area contributed by atoms with Crippen molar-refractivity contribution < 1.29 is 28.6 Å². The van der Waals surface area contributed by atoms with Crippen LogP contribution in [0.1, 0.15) is 25.0 Å². The molecule has 0 saturated carbocycles. The van der Waals surface area contributed by atoms with Gasteiger partial charge in [-0.25, -0.2) is 0 Å². The highest BCUT2D eigenvalue weighted by Gasteiger charge is 2.36. The molecule has 0 spiro atoms. The first kappa shape index (κ1) is 27.4. The SMILES string of the molecule is C#CCOc1c(CC=C)cc(/C=C2/SC(=O)N(CC(=O)Nc3ccc(OCC)cc3)C2=O)cc1OCC. The van der Waals surface area contributed by atoms with Crippen molar-refractivity contribution in [3.63, 3.8) is 0 Å². The van der Waals surface area contributed by atoms with E-state index in [0.29, 0.717) is 48.1 Å². The molecule has 1 saturated heterocycles. The second-order valence-electron chi connectivity index (χ2n) is 7.70. The van der Waals surface area contributed by atoms with Gasteiger partial charge in [0.05, 0.1) is 18.1 Å². The Bertz CT molecular complexity index is 1250. The van der Waals surface area contributed by atoms with E-state index in [2.05, 4.69) is 17.8 Å². The summed E-state index contributed by atoms with van der Waals surface area (Å²) in [5.41, 5.74) is 1.94. The summed E-state index contributed by atoms with van der Waals surface area (Å²) in [6, 6.07) is 10.4. The highest BCUT2D eigenvalue weighted by atomic mass is 32.2. The lowest BCUT2D eigenvalue weighted by atomic mass is 10.0. The number of terminal acetylenes is 1. The maximum atomic E-state index is 13.0. The van der Waals surface area contributed by atoms with Gasteiger partial charge in [-0.1, -0.05) is 12.0 Å². The molecule has 192 valence electrons. The Hall–Kier alpha value is -4.16. The van der Waals surface area contributed by atoms with Crippen LogP contribution in [0.3, 0.4) is 0 Å². The first-order chi connectivity index (χ1) is 17.9. The Balaban J connectivity index is 1.78. The minimum Gasteiger partial charge on any atom is -0.494 e. The number of amides is 3. The number of imide groups is 1. The summed E-state index contributed by atoms with van der Waals surface area (Å²) in [5, 5.41) is 2.16. The molecule has 0 unspecified atom stereocenters. The van der Waals surface area contributed by atoms with Gasteiger partial charge in [-0.15, -0.1) is 13.0 Å². The van der Waals surface area contributed by atoms with E-state index in [0.717, 1.165) is 22.2 Å². The summed E-state index contributed by atoms with van der Waals surface area (Å²) in [6.07, 6.45) is 9.13. The van der Waals surface area contributed by atoms with E-state index in [1.165, 1.54) is 0 Å². The zero-order valence-electron chi connectivity index (χ0n) is 20.7. The molecule has 1 aliphatic rings. The normalized spacial score (nSPS) is 13.9. The van der Waals surface area contributed by atoms with Crippen LogP contribution in [0.15, 0.2) is 54.0 Å². The molecule has 0 aromatic heterocycles. The largest absolute Gasteiger partial charge is 0.494 e. The van der Waals surface area contributed by atoms with Gasteiger partial charge in [0.2, 0.25) is 5.91 Å². The molecule has 2 aromatic carbocycles.